The Bertz CT molecular complexity index is 852. The molecule has 26 heavy (non-hydrogen) atoms. The molecule has 2 bridgehead atoms. The molecule has 1 N–H and O–H groups in total. The molecule has 1 aromatic rings. The van der Waals surface area contributed by atoms with Gasteiger partial charge in [-0.05, 0) is 25.1 Å². The number of esters is 1. The average Bonchev–Trinajstić information content (AvgIpc) is 3.27. The van der Waals surface area contributed by atoms with E-state index in [1.807, 2.05) is 0 Å². The van der Waals surface area contributed by atoms with Gasteiger partial charge in [-0.15, -0.1) is 0 Å². The van der Waals surface area contributed by atoms with Gasteiger partial charge in [0.15, 0.2) is 0 Å². The number of imide groups is 1. The summed E-state index contributed by atoms with van der Waals surface area (Å²) in [7, 11) is 0. The van der Waals surface area contributed by atoms with Crippen molar-refractivity contribution in [2.75, 3.05) is 18.1 Å². The van der Waals surface area contributed by atoms with Crippen LogP contribution in [0.25, 0.3) is 0 Å². The summed E-state index contributed by atoms with van der Waals surface area (Å²) in [6, 6.07) is 4.33. The van der Waals surface area contributed by atoms with Gasteiger partial charge in [-0.2, -0.15) is 0 Å². The lowest BCUT2D eigenvalue weighted by atomic mass is 9.77. The maximum atomic E-state index is 13.0. The number of fused-ring (bicyclic) bond motifs is 5. The van der Waals surface area contributed by atoms with Crippen molar-refractivity contribution >= 4 is 35.1 Å². The van der Waals surface area contributed by atoms with Crippen LogP contribution in [0.2, 0.25) is 5.02 Å². The number of nitrogens with zero attached hydrogens (tertiary/aromatic N) is 1. The number of ether oxygens (including phenoxy) is 2. The van der Waals surface area contributed by atoms with Gasteiger partial charge < -0.3 is 14.6 Å². The monoisotopic (exact) mass is 377 g/mol. The van der Waals surface area contributed by atoms with E-state index in [4.69, 9.17) is 21.1 Å². The second kappa shape index (κ2) is 5.90. The van der Waals surface area contributed by atoms with E-state index in [0.29, 0.717) is 0 Å². The summed E-state index contributed by atoms with van der Waals surface area (Å²) < 4.78 is 10.6. The fourth-order valence-electron chi connectivity index (χ4n) is 3.96. The van der Waals surface area contributed by atoms with Crippen LogP contribution in [0.15, 0.2) is 30.4 Å². The van der Waals surface area contributed by atoms with E-state index >= 15 is 0 Å². The molecule has 2 amide bonds. The van der Waals surface area contributed by atoms with Crippen LogP contribution in [0.5, 0.6) is 0 Å². The molecule has 8 heteroatoms. The Morgan fingerprint density at radius 2 is 2.15 bits per heavy atom. The van der Waals surface area contributed by atoms with Crippen molar-refractivity contribution in [3.63, 3.8) is 0 Å². The molecule has 3 aliphatic heterocycles. The molecule has 136 valence electrons. The number of hydrogen-bond donors (Lipinski definition) is 1. The van der Waals surface area contributed by atoms with E-state index in [1.54, 1.807) is 19.1 Å². The number of hydrogen-bond acceptors (Lipinski definition) is 6. The van der Waals surface area contributed by atoms with Crippen LogP contribution in [0, 0.1) is 11.8 Å². The summed E-state index contributed by atoms with van der Waals surface area (Å²) in [5.74, 6) is -2.96. The summed E-state index contributed by atoms with van der Waals surface area (Å²) in [4.78, 5) is 39.0. The van der Waals surface area contributed by atoms with Crippen molar-refractivity contribution in [2.24, 2.45) is 11.8 Å². The number of carbonyl (C=O) groups excluding carboxylic acids is 3. The van der Waals surface area contributed by atoms with Gasteiger partial charge in [-0.3, -0.25) is 9.59 Å². The molecule has 0 saturated carbocycles. The fraction of sp³-hybridized carbons (Fsp3) is 0.389. The minimum absolute atomic E-state index is 0.0814. The van der Waals surface area contributed by atoms with E-state index < -0.39 is 41.3 Å². The van der Waals surface area contributed by atoms with Crippen LogP contribution in [0.1, 0.15) is 17.3 Å². The summed E-state index contributed by atoms with van der Waals surface area (Å²) >= 11 is 6.05. The highest BCUT2D eigenvalue weighted by atomic mass is 35.5. The quantitative estimate of drug-likeness (QED) is 0.483. The molecule has 0 radical (unpaired) electrons. The lowest BCUT2D eigenvalue weighted by molar-refractivity contribution is -0.128. The Balaban J connectivity index is 1.72. The van der Waals surface area contributed by atoms with Crippen molar-refractivity contribution in [3.05, 3.63) is 40.9 Å². The third kappa shape index (κ3) is 2.17. The molecule has 3 heterocycles. The number of aliphatic hydroxyl groups excluding tert-OH is 1. The highest BCUT2D eigenvalue weighted by molar-refractivity contribution is 6.34. The van der Waals surface area contributed by atoms with Crippen LogP contribution < -0.4 is 4.90 Å². The van der Waals surface area contributed by atoms with Gasteiger partial charge in [-0.1, -0.05) is 23.8 Å². The lowest BCUT2D eigenvalue weighted by Gasteiger charge is -2.26. The molecule has 0 spiro atoms. The molecule has 2 saturated heterocycles. The molecule has 3 aliphatic rings. The van der Waals surface area contributed by atoms with Crippen molar-refractivity contribution < 1.29 is 29.0 Å². The molecule has 0 aromatic heterocycles. The number of carbonyl (C=O) groups is 3. The maximum absolute atomic E-state index is 13.0. The topological polar surface area (TPSA) is 93.1 Å². The third-order valence-corrected chi connectivity index (χ3v) is 5.44. The van der Waals surface area contributed by atoms with Crippen LogP contribution in [-0.4, -0.2) is 47.8 Å². The third-order valence-electron chi connectivity index (χ3n) is 5.11. The Kier molecular flexibility index (Phi) is 3.91. The zero-order valence-electron chi connectivity index (χ0n) is 13.8. The predicted octanol–water partition coefficient (Wildman–Crippen LogP) is 1.32. The molecular formula is C18H16ClNO6. The smallest absolute Gasteiger partial charge is 0.339 e. The van der Waals surface area contributed by atoms with Crippen LogP contribution >= 0.6 is 11.6 Å². The highest BCUT2D eigenvalue weighted by Gasteiger charge is 2.67. The standard InChI is InChI=1S/C18H16ClNO6/c1-2-25-17(24)10-7-9(3-4-11(10)19)20-15(22)13-12-5-6-18(8-21,26-12)14(13)16(20)23/h3-7,12-14,21H,2,8H2,1H3/t12-,13-,14+,18-/m1/s1. The van der Waals surface area contributed by atoms with Gasteiger partial charge >= 0.3 is 5.97 Å². The SMILES string of the molecule is CCOC(=O)c1cc(N2C(=O)[C@H]3[C@@H](C2=O)[C@]2(CO)C=C[C@H]3O2)ccc1Cl. The van der Waals surface area contributed by atoms with E-state index in [0.717, 1.165) is 4.90 Å². The molecule has 7 nitrogen and oxygen atoms in total. The second-order valence-corrected chi connectivity index (χ2v) is 6.86. The zero-order valence-corrected chi connectivity index (χ0v) is 14.6. The van der Waals surface area contributed by atoms with Gasteiger partial charge in [0.2, 0.25) is 11.8 Å². The normalized spacial score (nSPS) is 31.7. The summed E-state index contributed by atoms with van der Waals surface area (Å²) in [5.41, 5.74) is -0.833. The first-order valence-corrected chi connectivity index (χ1v) is 8.64. The second-order valence-electron chi connectivity index (χ2n) is 6.45. The first-order valence-electron chi connectivity index (χ1n) is 8.26. The van der Waals surface area contributed by atoms with Gasteiger partial charge in [0.25, 0.3) is 0 Å². The molecule has 1 aromatic carbocycles. The van der Waals surface area contributed by atoms with Crippen LogP contribution in [0.3, 0.4) is 0 Å². The van der Waals surface area contributed by atoms with Crippen molar-refractivity contribution in [2.45, 2.75) is 18.6 Å². The van der Waals surface area contributed by atoms with Crippen LogP contribution in [-0.2, 0) is 19.1 Å². The van der Waals surface area contributed by atoms with Crippen molar-refractivity contribution in [1.29, 1.82) is 0 Å². The van der Waals surface area contributed by atoms with Gasteiger partial charge in [-0.25, -0.2) is 9.69 Å². The van der Waals surface area contributed by atoms with E-state index in [-0.39, 0.29) is 29.5 Å². The van der Waals surface area contributed by atoms with E-state index in [9.17, 15) is 19.5 Å². The highest BCUT2D eigenvalue weighted by Crippen LogP contribution is 2.52. The first kappa shape index (κ1) is 17.2. The Morgan fingerprint density at radius 1 is 1.38 bits per heavy atom. The molecule has 2 fully saturated rings. The van der Waals surface area contributed by atoms with E-state index in [1.165, 1.54) is 18.2 Å². The number of rotatable bonds is 4. The predicted molar refractivity (Wildman–Crippen MR) is 90.7 cm³/mol. The summed E-state index contributed by atoms with van der Waals surface area (Å²) in [6.07, 6.45) is 2.82. The van der Waals surface area contributed by atoms with E-state index in [2.05, 4.69) is 0 Å². The summed E-state index contributed by atoms with van der Waals surface area (Å²) in [5, 5.41) is 9.90. The zero-order chi connectivity index (χ0) is 18.6. The Morgan fingerprint density at radius 3 is 2.85 bits per heavy atom. The fourth-order valence-corrected chi connectivity index (χ4v) is 4.15. The first-order chi connectivity index (χ1) is 12.4. The molecule has 4 atom stereocenters. The van der Waals surface area contributed by atoms with Gasteiger partial charge in [0.1, 0.15) is 5.60 Å². The largest absolute Gasteiger partial charge is 0.462 e. The minimum atomic E-state index is -1.16. The van der Waals surface area contributed by atoms with Crippen molar-refractivity contribution in [1.82, 2.24) is 0 Å². The van der Waals surface area contributed by atoms with Gasteiger partial charge in [0, 0.05) is 0 Å². The summed E-state index contributed by atoms with van der Waals surface area (Å²) in [6.45, 7) is 1.46. The van der Waals surface area contributed by atoms with Crippen LogP contribution in [0.4, 0.5) is 5.69 Å². The van der Waals surface area contributed by atoms with Gasteiger partial charge in [0.05, 0.1) is 47.4 Å². The Labute approximate surface area is 154 Å². The molecule has 0 aliphatic carbocycles. The number of anilines is 1. The number of aliphatic hydroxyl groups is 1. The van der Waals surface area contributed by atoms with Crippen molar-refractivity contribution in [3.8, 4) is 0 Å². The number of amides is 2. The number of halogens is 1. The average molecular weight is 378 g/mol. The molecule has 0 unspecified atom stereocenters. The molecule has 4 rings (SSSR count). The number of benzene rings is 1. The Hall–Kier alpha value is -2.22. The minimum Gasteiger partial charge on any atom is -0.462 e. The maximum Gasteiger partial charge on any atom is 0.339 e. The lowest BCUT2D eigenvalue weighted by Crippen LogP contribution is -2.43. The molecular weight excluding hydrogens is 362 g/mol.